The van der Waals surface area contributed by atoms with Crippen molar-refractivity contribution in [3.63, 3.8) is 0 Å². The van der Waals surface area contributed by atoms with Crippen LogP contribution in [0, 0.1) is 5.92 Å². The maximum absolute atomic E-state index is 11.9. The Morgan fingerprint density at radius 2 is 2.11 bits per heavy atom. The van der Waals surface area contributed by atoms with E-state index < -0.39 is 0 Å². The van der Waals surface area contributed by atoms with E-state index in [4.69, 9.17) is 0 Å². The van der Waals surface area contributed by atoms with E-state index in [1.165, 1.54) is 32.1 Å². The Morgan fingerprint density at radius 3 is 2.74 bits per heavy atom. The number of nitrogens with zero attached hydrogens (tertiary/aromatic N) is 1. The summed E-state index contributed by atoms with van der Waals surface area (Å²) in [6.07, 6.45) is 9.52. The summed E-state index contributed by atoms with van der Waals surface area (Å²) >= 11 is 3.34. The topological polar surface area (TPSA) is 42.0 Å². The summed E-state index contributed by atoms with van der Waals surface area (Å²) in [7, 11) is 0. The van der Waals surface area contributed by atoms with Crippen LogP contribution in [0.2, 0.25) is 0 Å². The number of rotatable bonds is 5. The molecule has 0 spiro atoms. The van der Waals surface area contributed by atoms with Gasteiger partial charge in [-0.1, -0.05) is 48.0 Å². The lowest BCUT2D eigenvalue weighted by Crippen LogP contribution is -2.26. The molecule has 0 unspecified atom stereocenters. The number of aromatic nitrogens is 1. The molecule has 0 bridgehead atoms. The van der Waals surface area contributed by atoms with E-state index in [9.17, 15) is 4.79 Å². The van der Waals surface area contributed by atoms with Crippen molar-refractivity contribution >= 4 is 21.8 Å². The number of carbonyl (C=O) groups excluding carboxylic acids is 1. The Hall–Kier alpha value is -0.900. The van der Waals surface area contributed by atoms with Gasteiger partial charge in [-0.2, -0.15) is 0 Å². The lowest BCUT2D eigenvalue weighted by molar-refractivity contribution is 0.0950. The number of hydrogen-bond donors (Lipinski definition) is 1. The number of hydrogen-bond acceptors (Lipinski definition) is 2. The van der Waals surface area contributed by atoms with Gasteiger partial charge in [0.05, 0.1) is 11.3 Å². The summed E-state index contributed by atoms with van der Waals surface area (Å²) in [5.74, 6) is 0.799. The second-order valence-corrected chi connectivity index (χ2v) is 5.78. The van der Waals surface area contributed by atoms with Gasteiger partial charge in [0.2, 0.25) is 0 Å². The van der Waals surface area contributed by atoms with E-state index >= 15 is 0 Å². The molecule has 1 N–H and O–H groups in total. The molecule has 1 aromatic rings. The first-order valence-electron chi connectivity index (χ1n) is 7.08. The molecule has 0 radical (unpaired) electrons. The summed E-state index contributed by atoms with van der Waals surface area (Å²) in [6, 6.07) is 3.71. The highest BCUT2D eigenvalue weighted by molar-refractivity contribution is 9.08. The minimum Gasteiger partial charge on any atom is -0.352 e. The van der Waals surface area contributed by atoms with E-state index in [1.807, 2.05) is 12.1 Å². The van der Waals surface area contributed by atoms with Gasteiger partial charge in [0, 0.05) is 18.1 Å². The molecule has 0 saturated heterocycles. The zero-order valence-electron chi connectivity index (χ0n) is 11.2. The van der Waals surface area contributed by atoms with Gasteiger partial charge in [0.25, 0.3) is 5.91 Å². The fourth-order valence-corrected chi connectivity index (χ4v) is 2.94. The van der Waals surface area contributed by atoms with Crippen molar-refractivity contribution in [2.24, 2.45) is 5.92 Å². The fourth-order valence-electron chi connectivity index (χ4n) is 2.61. The Balaban J connectivity index is 1.73. The van der Waals surface area contributed by atoms with E-state index in [2.05, 4.69) is 26.2 Å². The van der Waals surface area contributed by atoms with Crippen LogP contribution in [0.25, 0.3) is 0 Å². The molecule has 1 aromatic heterocycles. The number of pyridine rings is 1. The standard InChI is InChI=1S/C15H21BrN2O/c16-10-14-7-6-13(11-18-14)15(19)17-9-8-12-4-2-1-3-5-12/h6-7,11-12H,1-5,8-10H2,(H,17,19). The van der Waals surface area contributed by atoms with Crippen molar-refractivity contribution in [1.29, 1.82) is 0 Å². The van der Waals surface area contributed by atoms with Crippen LogP contribution < -0.4 is 5.32 Å². The van der Waals surface area contributed by atoms with Gasteiger partial charge in [0.1, 0.15) is 0 Å². The summed E-state index contributed by atoms with van der Waals surface area (Å²) in [5, 5.41) is 3.71. The molecule has 1 aliphatic rings. The number of amides is 1. The average molecular weight is 325 g/mol. The lowest BCUT2D eigenvalue weighted by Gasteiger charge is -2.21. The highest BCUT2D eigenvalue weighted by Gasteiger charge is 2.13. The maximum atomic E-state index is 11.9. The Bertz CT molecular complexity index is 399. The molecular formula is C15H21BrN2O. The molecule has 1 heterocycles. The van der Waals surface area contributed by atoms with E-state index in [-0.39, 0.29) is 5.91 Å². The third kappa shape index (κ3) is 4.60. The monoisotopic (exact) mass is 324 g/mol. The SMILES string of the molecule is O=C(NCCC1CCCCC1)c1ccc(CBr)nc1. The van der Waals surface area contributed by atoms with Crippen LogP contribution in [0.5, 0.6) is 0 Å². The normalized spacial score (nSPS) is 16.3. The Morgan fingerprint density at radius 1 is 1.32 bits per heavy atom. The quantitative estimate of drug-likeness (QED) is 0.839. The Labute approximate surface area is 123 Å². The van der Waals surface area contributed by atoms with Gasteiger partial charge in [0.15, 0.2) is 0 Å². The van der Waals surface area contributed by atoms with Crippen LogP contribution in [0.1, 0.15) is 54.6 Å². The summed E-state index contributed by atoms with van der Waals surface area (Å²) in [6.45, 7) is 0.781. The third-order valence-electron chi connectivity index (χ3n) is 3.79. The average Bonchev–Trinajstić information content (AvgIpc) is 2.48. The maximum Gasteiger partial charge on any atom is 0.252 e. The van der Waals surface area contributed by atoms with E-state index in [0.29, 0.717) is 5.56 Å². The molecule has 0 aromatic carbocycles. The molecule has 0 atom stereocenters. The van der Waals surface area contributed by atoms with Gasteiger partial charge < -0.3 is 5.32 Å². The molecule has 2 rings (SSSR count). The second-order valence-electron chi connectivity index (χ2n) is 5.22. The largest absolute Gasteiger partial charge is 0.352 e. The molecule has 3 nitrogen and oxygen atoms in total. The number of carbonyl (C=O) groups is 1. The smallest absolute Gasteiger partial charge is 0.252 e. The molecule has 19 heavy (non-hydrogen) atoms. The number of alkyl halides is 1. The minimum absolute atomic E-state index is 0.00979. The predicted molar refractivity (Wildman–Crippen MR) is 80.4 cm³/mol. The third-order valence-corrected chi connectivity index (χ3v) is 4.36. The highest BCUT2D eigenvalue weighted by Crippen LogP contribution is 2.25. The van der Waals surface area contributed by atoms with Gasteiger partial charge in [-0.25, -0.2) is 0 Å². The summed E-state index contributed by atoms with van der Waals surface area (Å²) in [5.41, 5.74) is 1.59. The molecule has 0 aliphatic heterocycles. The lowest BCUT2D eigenvalue weighted by atomic mass is 9.87. The van der Waals surface area contributed by atoms with Crippen LogP contribution in [0.15, 0.2) is 18.3 Å². The van der Waals surface area contributed by atoms with Crippen molar-refractivity contribution < 1.29 is 4.79 Å². The molecule has 4 heteroatoms. The molecule has 1 aliphatic carbocycles. The molecule has 104 valence electrons. The van der Waals surface area contributed by atoms with Crippen molar-refractivity contribution in [2.75, 3.05) is 6.54 Å². The van der Waals surface area contributed by atoms with Crippen molar-refractivity contribution in [3.8, 4) is 0 Å². The first-order chi connectivity index (χ1) is 9.29. The number of nitrogens with one attached hydrogen (secondary N) is 1. The Kier molecular flexibility index (Phi) is 5.83. The molecule has 1 saturated carbocycles. The van der Waals surface area contributed by atoms with Crippen molar-refractivity contribution in [1.82, 2.24) is 10.3 Å². The molecule has 1 amide bonds. The summed E-state index contributed by atoms with van der Waals surface area (Å²) in [4.78, 5) is 16.1. The van der Waals surface area contributed by atoms with Crippen molar-refractivity contribution in [2.45, 2.75) is 43.9 Å². The van der Waals surface area contributed by atoms with Gasteiger partial charge in [-0.15, -0.1) is 0 Å². The number of halogens is 1. The van der Waals surface area contributed by atoms with Gasteiger partial charge >= 0.3 is 0 Å². The fraction of sp³-hybridized carbons (Fsp3) is 0.600. The van der Waals surface area contributed by atoms with Crippen LogP contribution in [0.4, 0.5) is 0 Å². The van der Waals surface area contributed by atoms with Crippen molar-refractivity contribution in [3.05, 3.63) is 29.6 Å². The zero-order valence-corrected chi connectivity index (χ0v) is 12.8. The van der Waals surface area contributed by atoms with Gasteiger partial charge in [-0.05, 0) is 24.5 Å². The van der Waals surface area contributed by atoms with Gasteiger partial charge in [-0.3, -0.25) is 9.78 Å². The van der Waals surface area contributed by atoms with E-state index in [1.54, 1.807) is 6.20 Å². The van der Waals surface area contributed by atoms with Crippen LogP contribution >= 0.6 is 15.9 Å². The summed E-state index contributed by atoms with van der Waals surface area (Å²) < 4.78 is 0. The van der Waals surface area contributed by atoms with E-state index in [0.717, 1.165) is 29.9 Å². The zero-order chi connectivity index (χ0) is 13.5. The minimum atomic E-state index is -0.00979. The first kappa shape index (κ1) is 14.5. The predicted octanol–water partition coefficient (Wildman–Crippen LogP) is 3.68. The molecular weight excluding hydrogens is 304 g/mol. The highest BCUT2D eigenvalue weighted by atomic mass is 79.9. The first-order valence-corrected chi connectivity index (χ1v) is 8.21. The second kappa shape index (κ2) is 7.63. The van der Waals surface area contributed by atoms with Crippen LogP contribution in [-0.4, -0.2) is 17.4 Å². The molecule has 1 fully saturated rings. The van der Waals surface area contributed by atoms with Crippen LogP contribution in [0.3, 0.4) is 0 Å². The van der Waals surface area contributed by atoms with Crippen LogP contribution in [-0.2, 0) is 5.33 Å².